The summed E-state index contributed by atoms with van der Waals surface area (Å²) in [6.07, 6.45) is 2.10. The van der Waals surface area contributed by atoms with Crippen molar-refractivity contribution in [3.63, 3.8) is 0 Å². The van der Waals surface area contributed by atoms with E-state index in [2.05, 4.69) is 0 Å². The van der Waals surface area contributed by atoms with Gasteiger partial charge in [-0.15, -0.1) is 0 Å². The average Bonchev–Trinajstić information content (AvgIpc) is 2.78. The molecule has 0 aliphatic carbocycles. The molecule has 1 heterocycles. The van der Waals surface area contributed by atoms with Crippen LogP contribution in [0.4, 0.5) is 0 Å². The largest absolute Gasteiger partial charge is 0.394 e. The van der Waals surface area contributed by atoms with Crippen molar-refractivity contribution in [3.05, 3.63) is 35.9 Å². The van der Waals surface area contributed by atoms with Crippen LogP contribution in [0.15, 0.2) is 30.3 Å². The van der Waals surface area contributed by atoms with Crippen LogP contribution in [0.3, 0.4) is 0 Å². The molecule has 2 atom stereocenters. The summed E-state index contributed by atoms with van der Waals surface area (Å²) in [7, 11) is 0. The second-order valence-corrected chi connectivity index (χ2v) is 4.14. The zero-order valence-electron chi connectivity index (χ0n) is 9.34. The van der Waals surface area contributed by atoms with Crippen LogP contribution in [0.2, 0.25) is 0 Å². The summed E-state index contributed by atoms with van der Waals surface area (Å²) in [4.78, 5) is 0. The molecule has 1 fully saturated rings. The fraction of sp³-hybridized carbons (Fsp3) is 0.538. The molecule has 1 aliphatic heterocycles. The maximum atomic E-state index is 8.92. The smallest absolute Gasteiger partial charge is 0.0814 e. The van der Waals surface area contributed by atoms with Gasteiger partial charge in [0.15, 0.2) is 0 Å². The van der Waals surface area contributed by atoms with E-state index in [4.69, 9.17) is 14.6 Å². The van der Waals surface area contributed by atoms with Crippen molar-refractivity contribution >= 4 is 0 Å². The van der Waals surface area contributed by atoms with Crippen LogP contribution >= 0.6 is 0 Å². The number of hydrogen-bond donors (Lipinski definition) is 1. The Kier molecular flexibility index (Phi) is 4.34. The van der Waals surface area contributed by atoms with Crippen molar-refractivity contribution in [1.29, 1.82) is 0 Å². The molecule has 0 saturated carbocycles. The van der Waals surface area contributed by atoms with Gasteiger partial charge in [0.1, 0.15) is 0 Å². The minimum atomic E-state index is 0.0188. The lowest BCUT2D eigenvalue weighted by Crippen LogP contribution is -2.18. The Morgan fingerprint density at radius 3 is 2.62 bits per heavy atom. The standard InChI is InChI=1S/C13H18O3/c14-8-12-6-7-13(16-12)10-15-9-11-4-2-1-3-5-11/h1-5,12-14H,6-10H2/t12?,13-/m0/s1. The third kappa shape index (κ3) is 3.30. The second-order valence-electron chi connectivity index (χ2n) is 4.14. The van der Waals surface area contributed by atoms with Crippen LogP contribution < -0.4 is 0 Å². The first kappa shape index (κ1) is 11.6. The Morgan fingerprint density at radius 1 is 1.19 bits per heavy atom. The molecular weight excluding hydrogens is 204 g/mol. The van der Waals surface area contributed by atoms with Gasteiger partial charge in [0.2, 0.25) is 0 Å². The molecule has 88 valence electrons. The van der Waals surface area contributed by atoms with Crippen LogP contribution in [0, 0.1) is 0 Å². The van der Waals surface area contributed by atoms with E-state index in [1.807, 2.05) is 30.3 Å². The van der Waals surface area contributed by atoms with Crippen molar-refractivity contribution < 1.29 is 14.6 Å². The van der Waals surface area contributed by atoms with E-state index in [1.54, 1.807) is 0 Å². The van der Waals surface area contributed by atoms with E-state index in [1.165, 1.54) is 5.56 Å². The van der Waals surface area contributed by atoms with Gasteiger partial charge in [-0.2, -0.15) is 0 Å². The van der Waals surface area contributed by atoms with Crippen molar-refractivity contribution in [2.75, 3.05) is 13.2 Å². The lowest BCUT2D eigenvalue weighted by molar-refractivity contribution is -0.0350. The van der Waals surface area contributed by atoms with Gasteiger partial charge in [-0.05, 0) is 18.4 Å². The fourth-order valence-corrected chi connectivity index (χ4v) is 1.92. The highest BCUT2D eigenvalue weighted by atomic mass is 16.5. The average molecular weight is 222 g/mol. The van der Waals surface area contributed by atoms with Crippen molar-refractivity contribution in [1.82, 2.24) is 0 Å². The first-order chi connectivity index (χ1) is 7.88. The molecule has 1 saturated heterocycles. The highest BCUT2D eigenvalue weighted by Crippen LogP contribution is 2.19. The van der Waals surface area contributed by atoms with Gasteiger partial charge in [0.05, 0.1) is 32.0 Å². The fourth-order valence-electron chi connectivity index (χ4n) is 1.92. The Labute approximate surface area is 96.0 Å². The summed E-state index contributed by atoms with van der Waals surface area (Å²) in [6, 6.07) is 10.1. The lowest BCUT2D eigenvalue weighted by atomic mass is 10.2. The first-order valence-corrected chi connectivity index (χ1v) is 5.76. The van der Waals surface area contributed by atoms with E-state index < -0.39 is 0 Å². The van der Waals surface area contributed by atoms with Gasteiger partial charge in [-0.25, -0.2) is 0 Å². The first-order valence-electron chi connectivity index (χ1n) is 5.76. The number of benzene rings is 1. The van der Waals surface area contributed by atoms with Crippen LogP contribution in [-0.4, -0.2) is 30.5 Å². The Bertz CT molecular complexity index is 299. The van der Waals surface area contributed by atoms with Crippen molar-refractivity contribution in [3.8, 4) is 0 Å². The van der Waals surface area contributed by atoms with E-state index in [-0.39, 0.29) is 18.8 Å². The third-order valence-corrected chi connectivity index (χ3v) is 2.81. The Balaban J connectivity index is 1.65. The maximum Gasteiger partial charge on any atom is 0.0814 e. The molecule has 0 amide bonds. The van der Waals surface area contributed by atoms with E-state index in [0.29, 0.717) is 13.2 Å². The zero-order valence-corrected chi connectivity index (χ0v) is 9.34. The number of rotatable bonds is 5. The molecule has 1 aliphatic rings. The summed E-state index contributed by atoms with van der Waals surface area (Å²) in [5.41, 5.74) is 1.18. The van der Waals surface area contributed by atoms with Crippen molar-refractivity contribution in [2.24, 2.45) is 0 Å². The molecule has 1 aromatic carbocycles. The molecule has 0 aromatic heterocycles. The van der Waals surface area contributed by atoms with Crippen LogP contribution in [0.25, 0.3) is 0 Å². The third-order valence-electron chi connectivity index (χ3n) is 2.81. The Morgan fingerprint density at radius 2 is 1.94 bits per heavy atom. The SMILES string of the molecule is OCC1CC[C@@H](COCc2ccccc2)O1. The molecular formula is C13H18O3. The molecule has 0 spiro atoms. The molecule has 0 radical (unpaired) electrons. The quantitative estimate of drug-likeness (QED) is 0.824. The van der Waals surface area contributed by atoms with Gasteiger partial charge in [-0.3, -0.25) is 0 Å². The number of hydrogen-bond acceptors (Lipinski definition) is 3. The predicted octanol–water partition coefficient (Wildman–Crippen LogP) is 1.74. The van der Waals surface area contributed by atoms with Gasteiger partial charge in [0.25, 0.3) is 0 Å². The number of aliphatic hydroxyl groups excluding tert-OH is 1. The zero-order chi connectivity index (χ0) is 11.2. The van der Waals surface area contributed by atoms with Crippen LogP contribution in [-0.2, 0) is 16.1 Å². The second kappa shape index (κ2) is 5.99. The van der Waals surface area contributed by atoms with E-state index in [0.717, 1.165) is 12.8 Å². The molecule has 1 N–H and O–H groups in total. The normalized spacial score (nSPS) is 24.8. The molecule has 1 aromatic rings. The lowest BCUT2D eigenvalue weighted by Gasteiger charge is -2.12. The van der Waals surface area contributed by atoms with Gasteiger partial charge < -0.3 is 14.6 Å². The minimum absolute atomic E-state index is 0.0188. The van der Waals surface area contributed by atoms with Gasteiger partial charge >= 0.3 is 0 Å². The summed E-state index contributed by atoms with van der Waals surface area (Å²) < 4.78 is 11.2. The predicted molar refractivity (Wildman–Crippen MR) is 61.1 cm³/mol. The summed E-state index contributed by atoms with van der Waals surface area (Å²) >= 11 is 0. The van der Waals surface area contributed by atoms with Gasteiger partial charge in [-0.1, -0.05) is 30.3 Å². The summed E-state index contributed by atoms with van der Waals surface area (Å²) in [5, 5.41) is 8.92. The molecule has 0 bridgehead atoms. The number of ether oxygens (including phenoxy) is 2. The minimum Gasteiger partial charge on any atom is -0.394 e. The molecule has 2 rings (SSSR count). The van der Waals surface area contributed by atoms with Gasteiger partial charge in [0, 0.05) is 0 Å². The van der Waals surface area contributed by atoms with Crippen LogP contribution in [0.5, 0.6) is 0 Å². The molecule has 3 heteroatoms. The number of aliphatic hydroxyl groups is 1. The highest BCUT2D eigenvalue weighted by Gasteiger charge is 2.24. The molecule has 16 heavy (non-hydrogen) atoms. The molecule has 3 nitrogen and oxygen atoms in total. The van der Waals surface area contributed by atoms with Crippen molar-refractivity contribution in [2.45, 2.75) is 31.7 Å². The maximum absolute atomic E-state index is 8.92. The topological polar surface area (TPSA) is 38.7 Å². The molecule has 1 unspecified atom stereocenters. The van der Waals surface area contributed by atoms with E-state index >= 15 is 0 Å². The van der Waals surface area contributed by atoms with E-state index in [9.17, 15) is 0 Å². The highest BCUT2D eigenvalue weighted by molar-refractivity contribution is 5.13. The summed E-state index contributed by atoms with van der Waals surface area (Å²) in [5.74, 6) is 0. The van der Waals surface area contributed by atoms with Crippen LogP contribution in [0.1, 0.15) is 18.4 Å². The monoisotopic (exact) mass is 222 g/mol. The Hall–Kier alpha value is -0.900. The summed E-state index contributed by atoms with van der Waals surface area (Å²) in [6.45, 7) is 1.37.